The fourth-order valence-corrected chi connectivity index (χ4v) is 4.86. The summed E-state index contributed by atoms with van der Waals surface area (Å²) in [6.07, 6.45) is 1.55. The third-order valence-corrected chi connectivity index (χ3v) is 6.38. The number of halogens is 1. The quantitative estimate of drug-likeness (QED) is 0.633. The molecule has 2 unspecified atom stereocenters. The number of likely N-dealkylation sites (tertiary alicyclic amines) is 1. The van der Waals surface area contributed by atoms with Crippen LogP contribution in [0.25, 0.3) is 22.1 Å². The summed E-state index contributed by atoms with van der Waals surface area (Å²) in [6, 6.07) is 11.8. The van der Waals surface area contributed by atoms with Gasteiger partial charge in [0.1, 0.15) is 17.1 Å². The number of amides is 1. The number of ether oxygens (including phenoxy) is 1. The van der Waals surface area contributed by atoms with Crippen LogP contribution in [0.15, 0.2) is 51.7 Å². The van der Waals surface area contributed by atoms with E-state index in [-0.39, 0.29) is 11.7 Å². The van der Waals surface area contributed by atoms with E-state index in [0.29, 0.717) is 47.5 Å². The first-order valence-electron chi connectivity index (χ1n) is 10.9. The second-order valence-corrected chi connectivity index (χ2v) is 8.74. The molecule has 0 saturated carbocycles. The molecule has 1 amide bonds. The Morgan fingerprint density at radius 1 is 1.12 bits per heavy atom. The van der Waals surface area contributed by atoms with Gasteiger partial charge in [0.05, 0.1) is 0 Å². The van der Waals surface area contributed by atoms with E-state index in [4.69, 9.17) is 9.15 Å². The first-order valence-corrected chi connectivity index (χ1v) is 10.9. The predicted molar refractivity (Wildman–Crippen MR) is 119 cm³/mol. The Bertz CT molecular complexity index is 1240. The topological polar surface area (TPSA) is 71.8 Å². The first-order chi connectivity index (χ1) is 15.4. The van der Waals surface area contributed by atoms with Gasteiger partial charge >= 0.3 is 5.63 Å². The van der Waals surface area contributed by atoms with Gasteiger partial charge in [0.15, 0.2) is 6.10 Å². The highest BCUT2D eigenvalue weighted by Gasteiger charge is 2.36. The zero-order valence-corrected chi connectivity index (χ0v) is 18.1. The normalized spacial score (nSPS) is 21.0. The van der Waals surface area contributed by atoms with Crippen LogP contribution in [0, 0.1) is 12.7 Å². The maximum Gasteiger partial charge on any atom is 0.336 e. The van der Waals surface area contributed by atoms with Crippen LogP contribution in [0.1, 0.15) is 25.3 Å². The Morgan fingerprint density at radius 3 is 2.59 bits per heavy atom. The van der Waals surface area contributed by atoms with Gasteiger partial charge in [-0.1, -0.05) is 6.07 Å². The second kappa shape index (κ2) is 8.06. The van der Waals surface area contributed by atoms with Crippen molar-refractivity contribution in [3.05, 3.63) is 64.3 Å². The van der Waals surface area contributed by atoms with Crippen LogP contribution < -0.4 is 15.7 Å². The summed E-state index contributed by atoms with van der Waals surface area (Å²) in [5, 5.41) is 4.23. The van der Waals surface area contributed by atoms with Gasteiger partial charge in [-0.15, -0.1) is 0 Å². The lowest BCUT2D eigenvalue weighted by atomic mass is 9.98. The second-order valence-electron chi connectivity index (χ2n) is 8.74. The number of carbonyl (C=O) groups is 1. The molecular weight excluding hydrogens is 411 g/mol. The maximum atomic E-state index is 13.5. The number of nitrogens with zero attached hydrogens (tertiary/aromatic N) is 1. The Labute approximate surface area is 185 Å². The molecule has 2 aliphatic heterocycles. The molecule has 2 aliphatic rings. The molecule has 7 heteroatoms. The molecule has 2 saturated heterocycles. The summed E-state index contributed by atoms with van der Waals surface area (Å²) in [5.41, 5.74) is 2.00. The lowest BCUT2D eigenvalue weighted by Gasteiger charge is -2.34. The number of hydrogen-bond donors (Lipinski definition) is 1. The van der Waals surface area contributed by atoms with Crippen LogP contribution in [0.5, 0.6) is 5.75 Å². The molecule has 3 atom stereocenters. The summed E-state index contributed by atoms with van der Waals surface area (Å²) in [6.45, 7) is 4.95. The minimum absolute atomic E-state index is 0.0411. The van der Waals surface area contributed by atoms with Crippen molar-refractivity contribution < 1.29 is 18.3 Å². The lowest BCUT2D eigenvalue weighted by Crippen LogP contribution is -2.55. The fourth-order valence-electron chi connectivity index (χ4n) is 4.86. The van der Waals surface area contributed by atoms with E-state index in [1.54, 1.807) is 38.1 Å². The maximum absolute atomic E-state index is 13.5. The summed E-state index contributed by atoms with van der Waals surface area (Å²) in [5.74, 6) is 0.0820. The zero-order valence-electron chi connectivity index (χ0n) is 18.1. The Morgan fingerprint density at radius 2 is 1.88 bits per heavy atom. The van der Waals surface area contributed by atoms with Crippen molar-refractivity contribution in [3.8, 4) is 16.9 Å². The molecule has 3 heterocycles. The largest absolute Gasteiger partial charge is 0.481 e. The Kier molecular flexibility index (Phi) is 5.21. The number of carbonyl (C=O) groups excluding carboxylic acids is 1. The van der Waals surface area contributed by atoms with Crippen molar-refractivity contribution in [2.75, 3.05) is 13.1 Å². The molecular formula is C25H25FN2O4. The van der Waals surface area contributed by atoms with Crippen LogP contribution in [0.2, 0.25) is 0 Å². The van der Waals surface area contributed by atoms with Crippen LogP contribution in [0.4, 0.5) is 4.39 Å². The number of rotatable bonds is 4. The number of nitrogens with one attached hydrogen (secondary N) is 1. The third kappa shape index (κ3) is 3.88. The highest BCUT2D eigenvalue weighted by atomic mass is 19.1. The first kappa shape index (κ1) is 20.7. The van der Waals surface area contributed by atoms with E-state index in [1.807, 2.05) is 4.90 Å². The van der Waals surface area contributed by atoms with E-state index in [0.717, 1.165) is 24.0 Å². The molecule has 2 aromatic carbocycles. The molecule has 32 heavy (non-hydrogen) atoms. The SMILES string of the molecule is Cc1cc(F)ccc1-c1cc(=O)oc2cc(O[C@H](C)C(=O)N3CC4CCC(C3)N4)ccc12. The standard InChI is InChI=1S/C25H25FN2O4/c1-14-9-16(26)3-7-20(14)22-11-24(29)32-23-10-19(6-8-21(22)23)31-15(2)25(30)28-12-17-4-5-18(13-28)27-17/h3,6-11,15,17-18,27H,4-5,12-13H2,1-2H3/t15-,17?,18?/m1/s1. The van der Waals surface area contributed by atoms with Crippen molar-refractivity contribution in [3.63, 3.8) is 0 Å². The summed E-state index contributed by atoms with van der Waals surface area (Å²) in [7, 11) is 0. The third-order valence-electron chi connectivity index (χ3n) is 6.38. The smallest absolute Gasteiger partial charge is 0.336 e. The van der Waals surface area contributed by atoms with Crippen LogP contribution in [0.3, 0.4) is 0 Å². The molecule has 0 spiro atoms. The predicted octanol–water partition coefficient (Wildman–Crippen LogP) is 3.64. The molecule has 2 bridgehead atoms. The lowest BCUT2D eigenvalue weighted by molar-refractivity contribution is -0.139. The van der Waals surface area contributed by atoms with Gasteiger partial charge in [-0.25, -0.2) is 9.18 Å². The van der Waals surface area contributed by atoms with E-state index >= 15 is 0 Å². The van der Waals surface area contributed by atoms with E-state index in [1.165, 1.54) is 18.2 Å². The highest BCUT2D eigenvalue weighted by molar-refractivity contribution is 5.94. The van der Waals surface area contributed by atoms with Crippen LogP contribution >= 0.6 is 0 Å². The Balaban J connectivity index is 1.41. The van der Waals surface area contributed by atoms with Gasteiger partial charge in [0.2, 0.25) is 0 Å². The molecule has 0 radical (unpaired) electrons. The number of hydrogen-bond acceptors (Lipinski definition) is 5. The van der Waals surface area contributed by atoms with E-state index in [9.17, 15) is 14.0 Å². The summed E-state index contributed by atoms with van der Waals surface area (Å²) in [4.78, 5) is 27.0. The number of benzene rings is 2. The van der Waals surface area contributed by atoms with Crippen LogP contribution in [-0.4, -0.2) is 42.1 Å². The molecule has 1 aromatic heterocycles. The number of fused-ring (bicyclic) bond motifs is 3. The van der Waals surface area contributed by atoms with Gasteiger partial charge < -0.3 is 19.4 Å². The average Bonchev–Trinajstić information content (AvgIpc) is 3.09. The van der Waals surface area contributed by atoms with E-state index < -0.39 is 11.7 Å². The Hall–Kier alpha value is -3.19. The summed E-state index contributed by atoms with van der Waals surface area (Å²) < 4.78 is 24.9. The van der Waals surface area contributed by atoms with Crippen molar-refractivity contribution >= 4 is 16.9 Å². The van der Waals surface area contributed by atoms with Gasteiger partial charge in [0, 0.05) is 48.3 Å². The highest BCUT2D eigenvalue weighted by Crippen LogP contribution is 2.32. The molecule has 0 aliphatic carbocycles. The summed E-state index contributed by atoms with van der Waals surface area (Å²) >= 11 is 0. The number of aryl methyl sites for hydroxylation is 1. The molecule has 2 fully saturated rings. The van der Waals surface area contributed by atoms with Gasteiger partial charge in [0.25, 0.3) is 5.91 Å². The zero-order chi connectivity index (χ0) is 22.4. The molecule has 166 valence electrons. The van der Waals surface area contributed by atoms with Gasteiger partial charge in [-0.2, -0.15) is 0 Å². The molecule has 6 nitrogen and oxygen atoms in total. The van der Waals surface area contributed by atoms with Crippen molar-refractivity contribution in [2.45, 2.75) is 44.9 Å². The molecule has 1 N–H and O–H groups in total. The van der Waals surface area contributed by atoms with Crippen LogP contribution in [-0.2, 0) is 4.79 Å². The minimum atomic E-state index is -0.654. The molecule has 5 rings (SSSR count). The minimum Gasteiger partial charge on any atom is -0.481 e. The van der Waals surface area contributed by atoms with Crippen molar-refractivity contribution in [2.24, 2.45) is 0 Å². The van der Waals surface area contributed by atoms with E-state index in [2.05, 4.69) is 5.32 Å². The monoisotopic (exact) mass is 436 g/mol. The fraction of sp³-hybridized carbons (Fsp3) is 0.360. The average molecular weight is 436 g/mol. The van der Waals surface area contributed by atoms with Gasteiger partial charge in [-0.05, 0) is 62.1 Å². The van der Waals surface area contributed by atoms with Crippen molar-refractivity contribution in [1.29, 1.82) is 0 Å². The number of piperazine rings is 1. The van der Waals surface area contributed by atoms with Crippen molar-refractivity contribution in [1.82, 2.24) is 10.2 Å². The molecule has 3 aromatic rings. The van der Waals surface area contributed by atoms with Gasteiger partial charge in [-0.3, -0.25) is 4.79 Å².